The third-order valence-corrected chi connectivity index (χ3v) is 3.50. The normalized spacial score (nSPS) is 12.6. The highest BCUT2D eigenvalue weighted by Crippen LogP contribution is 2.07. The predicted molar refractivity (Wildman–Crippen MR) is 100 cm³/mol. The zero-order chi connectivity index (χ0) is 17.9. The van der Waals surface area contributed by atoms with Crippen LogP contribution in [0.3, 0.4) is 0 Å². The van der Waals surface area contributed by atoms with Gasteiger partial charge in [0.1, 0.15) is 6.29 Å². The molecule has 0 saturated heterocycles. The Morgan fingerprint density at radius 1 is 0.875 bits per heavy atom. The van der Waals surface area contributed by atoms with Gasteiger partial charge in [-0.1, -0.05) is 56.2 Å². The average molecular weight is 333 g/mol. The van der Waals surface area contributed by atoms with Crippen LogP contribution >= 0.6 is 0 Å². The molecule has 0 saturated carbocycles. The largest absolute Gasteiger partial charge is 0.303 e. The minimum atomic E-state index is -0.303. The number of allylic oxidation sites excluding steroid dienone is 7. The SMILES string of the molecule is CC/C=C\C/C(=C\C/C=C\C/C=C\CCCCCCC=O)[N+](=O)[O-]. The van der Waals surface area contributed by atoms with E-state index in [1.54, 1.807) is 6.08 Å². The maximum atomic E-state index is 10.9. The van der Waals surface area contributed by atoms with Crippen LogP contribution in [-0.4, -0.2) is 11.2 Å². The second-order valence-electron chi connectivity index (χ2n) is 5.61. The van der Waals surface area contributed by atoms with E-state index in [0.717, 1.165) is 38.4 Å². The number of nitrogens with zero attached hydrogens (tertiary/aromatic N) is 1. The fraction of sp³-hybridized carbons (Fsp3) is 0.550. The van der Waals surface area contributed by atoms with Crippen molar-refractivity contribution in [1.82, 2.24) is 0 Å². The van der Waals surface area contributed by atoms with Gasteiger partial charge < -0.3 is 4.79 Å². The molecule has 0 aliphatic heterocycles. The summed E-state index contributed by atoms with van der Waals surface area (Å²) in [4.78, 5) is 20.8. The molecule has 0 aliphatic rings. The van der Waals surface area contributed by atoms with Gasteiger partial charge in [0.25, 0.3) is 0 Å². The zero-order valence-corrected chi connectivity index (χ0v) is 14.9. The van der Waals surface area contributed by atoms with Crippen molar-refractivity contribution in [2.45, 2.75) is 71.1 Å². The summed E-state index contributed by atoms with van der Waals surface area (Å²) in [6.07, 6.45) is 23.8. The molecule has 0 aliphatic carbocycles. The van der Waals surface area contributed by atoms with Gasteiger partial charge in [-0.25, -0.2) is 0 Å². The summed E-state index contributed by atoms with van der Waals surface area (Å²) in [6.45, 7) is 2.01. The first-order valence-corrected chi connectivity index (χ1v) is 8.94. The van der Waals surface area contributed by atoms with E-state index in [1.807, 2.05) is 31.2 Å². The molecule has 0 aromatic carbocycles. The molecule has 0 N–H and O–H groups in total. The lowest BCUT2D eigenvalue weighted by Crippen LogP contribution is -1.97. The van der Waals surface area contributed by atoms with E-state index in [9.17, 15) is 14.9 Å². The van der Waals surface area contributed by atoms with Gasteiger partial charge >= 0.3 is 0 Å². The van der Waals surface area contributed by atoms with E-state index in [2.05, 4.69) is 12.2 Å². The Bertz CT molecular complexity index is 448. The van der Waals surface area contributed by atoms with E-state index in [-0.39, 0.29) is 10.6 Å². The highest BCUT2D eigenvalue weighted by molar-refractivity contribution is 5.48. The van der Waals surface area contributed by atoms with Crippen molar-refractivity contribution < 1.29 is 9.72 Å². The highest BCUT2D eigenvalue weighted by Gasteiger charge is 2.05. The van der Waals surface area contributed by atoms with Crippen LogP contribution in [0.5, 0.6) is 0 Å². The lowest BCUT2D eigenvalue weighted by molar-refractivity contribution is -0.427. The Morgan fingerprint density at radius 3 is 2.21 bits per heavy atom. The lowest BCUT2D eigenvalue weighted by atomic mass is 10.1. The zero-order valence-electron chi connectivity index (χ0n) is 14.9. The molecule has 4 nitrogen and oxygen atoms in total. The Labute approximate surface area is 146 Å². The molecule has 0 bridgehead atoms. The number of hydrogen-bond donors (Lipinski definition) is 0. The standard InChI is InChI=1S/C20H31NO3/c1-2-3-14-17-20(21(23)24)18-15-12-10-8-6-4-5-7-9-11-13-16-19-22/h3-4,6,10,12,14,18-19H,2,5,7-9,11,13,15-17H2,1H3/b6-4-,12-10-,14-3-,20-18+. The van der Waals surface area contributed by atoms with Crippen molar-refractivity contribution in [3.05, 3.63) is 58.3 Å². The Hall–Kier alpha value is -1.97. The molecule has 0 heterocycles. The first-order valence-electron chi connectivity index (χ1n) is 8.94. The monoisotopic (exact) mass is 333 g/mol. The van der Waals surface area contributed by atoms with Crippen LogP contribution < -0.4 is 0 Å². The topological polar surface area (TPSA) is 60.2 Å². The van der Waals surface area contributed by atoms with Crippen LogP contribution in [0.4, 0.5) is 0 Å². The fourth-order valence-corrected chi connectivity index (χ4v) is 2.14. The second kappa shape index (κ2) is 17.4. The predicted octanol–water partition coefficient (Wildman–Crippen LogP) is 5.94. The molecule has 0 fully saturated rings. The van der Waals surface area contributed by atoms with Gasteiger partial charge in [-0.2, -0.15) is 0 Å². The van der Waals surface area contributed by atoms with Crippen molar-refractivity contribution in [1.29, 1.82) is 0 Å². The summed E-state index contributed by atoms with van der Waals surface area (Å²) in [5.41, 5.74) is 0.259. The minimum absolute atomic E-state index is 0.259. The Balaban J connectivity index is 3.80. The third kappa shape index (κ3) is 14.9. The lowest BCUT2D eigenvalue weighted by Gasteiger charge is -1.95. The molecule has 0 atom stereocenters. The Kier molecular flexibility index (Phi) is 16.0. The summed E-state index contributed by atoms with van der Waals surface area (Å²) in [5, 5.41) is 10.9. The summed E-state index contributed by atoms with van der Waals surface area (Å²) in [6, 6.07) is 0. The number of aldehydes is 1. The van der Waals surface area contributed by atoms with E-state index >= 15 is 0 Å². The number of carbonyl (C=O) groups is 1. The van der Waals surface area contributed by atoms with Crippen LogP contribution in [0.2, 0.25) is 0 Å². The van der Waals surface area contributed by atoms with Gasteiger partial charge in [-0.15, -0.1) is 0 Å². The maximum Gasteiger partial charge on any atom is 0.246 e. The maximum absolute atomic E-state index is 10.9. The quantitative estimate of drug-likeness (QED) is 0.123. The van der Waals surface area contributed by atoms with Gasteiger partial charge in [-0.3, -0.25) is 10.1 Å². The average Bonchev–Trinajstić information content (AvgIpc) is 2.57. The molecule has 0 radical (unpaired) electrons. The van der Waals surface area contributed by atoms with Gasteiger partial charge in [0, 0.05) is 6.42 Å². The van der Waals surface area contributed by atoms with E-state index in [4.69, 9.17) is 0 Å². The Morgan fingerprint density at radius 2 is 1.54 bits per heavy atom. The van der Waals surface area contributed by atoms with Crippen LogP contribution in [0.1, 0.15) is 71.1 Å². The molecule has 0 amide bonds. The molecule has 0 aromatic heterocycles. The molecule has 0 aromatic rings. The van der Waals surface area contributed by atoms with Crippen molar-refractivity contribution in [3.8, 4) is 0 Å². The van der Waals surface area contributed by atoms with Gasteiger partial charge in [0.05, 0.1) is 11.3 Å². The molecule has 0 spiro atoms. The van der Waals surface area contributed by atoms with Crippen molar-refractivity contribution in [3.63, 3.8) is 0 Å². The number of hydrogen-bond acceptors (Lipinski definition) is 3. The van der Waals surface area contributed by atoms with Crippen molar-refractivity contribution in [2.75, 3.05) is 0 Å². The number of rotatable bonds is 15. The highest BCUT2D eigenvalue weighted by atomic mass is 16.6. The molecule has 0 unspecified atom stereocenters. The fourth-order valence-electron chi connectivity index (χ4n) is 2.14. The van der Waals surface area contributed by atoms with Gasteiger partial charge in [0.15, 0.2) is 0 Å². The van der Waals surface area contributed by atoms with Crippen LogP contribution in [0.15, 0.2) is 48.2 Å². The first-order chi connectivity index (χ1) is 11.7. The van der Waals surface area contributed by atoms with Gasteiger partial charge in [0.2, 0.25) is 5.70 Å². The first kappa shape index (κ1) is 22.0. The van der Waals surface area contributed by atoms with Crippen molar-refractivity contribution >= 4 is 6.29 Å². The number of nitro groups is 1. The van der Waals surface area contributed by atoms with Crippen LogP contribution in [0, 0.1) is 10.1 Å². The molecular weight excluding hydrogens is 302 g/mol. The number of unbranched alkanes of at least 4 members (excludes halogenated alkanes) is 5. The summed E-state index contributed by atoms with van der Waals surface area (Å²) >= 11 is 0. The van der Waals surface area contributed by atoms with Crippen LogP contribution in [0.25, 0.3) is 0 Å². The minimum Gasteiger partial charge on any atom is -0.303 e. The van der Waals surface area contributed by atoms with E-state index < -0.39 is 0 Å². The third-order valence-electron chi connectivity index (χ3n) is 3.50. The van der Waals surface area contributed by atoms with Crippen LogP contribution in [-0.2, 0) is 4.79 Å². The van der Waals surface area contributed by atoms with E-state index in [1.165, 1.54) is 12.8 Å². The molecular formula is C20H31NO3. The number of carbonyl (C=O) groups excluding carboxylic acids is 1. The molecule has 24 heavy (non-hydrogen) atoms. The van der Waals surface area contributed by atoms with Gasteiger partial charge in [-0.05, 0) is 44.6 Å². The summed E-state index contributed by atoms with van der Waals surface area (Å²) < 4.78 is 0. The molecule has 0 rings (SSSR count). The molecule has 4 heteroatoms. The smallest absolute Gasteiger partial charge is 0.246 e. The molecule has 134 valence electrons. The van der Waals surface area contributed by atoms with Crippen molar-refractivity contribution in [2.24, 2.45) is 0 Å². The van der Waals surface area contributed by atoms with E-state index in [0.29, 0.717) is 19.3 Å². The summed E-state index contributed by atoms with van der Waals surface area (Å²) in [5.74, 6) is 0. The summed E-state index contributed by atoms with van der Waals surface area (Å²) in [7, 11) is 0. The second-order valence-corrected chi connectivity index (χ2v) is 5.61.